The van der Waals surface area contributed by atoms with Crippen LogP contribution < -0.4 is 14.8 Å². The third-order valence-electron chi connectivity index (χ3n) is 6.25. The predicted octanol–water partition coefficient (Wildman–Crippen LogP) is 4.23. The normalized spacial score (nSPS) is 21.9. The van der Waals surface area contributed by atoms with Gasteiger partial charge in [-0.2, -0.15) is 18.2 Å². The number of ether oxygens (including phenoxy) is 3. The second-order valence-corrected chi connectivity index (χ2v) is 9.78. The molecule has 1 saturated carbocycles. The van der Waals surface area contributed by atoms with Gasteiger partial charge in [-0.3, -0.25) is 9.20 Å². The van der Waals surface area contributed by atoms with Crippen molar-refractivity contribution in [2.24, 2.45) is 0 Å². The summed E-state index contributed by atoms with van der Waals surface area (Å²) in [6, 6.07) is 7.06. The number of hydrogen-bond acceptors (Lipinski definition) is 7. The average Bonchev–Trinajstić information content (AvgIpc) is 3.49. The first-order valence-electron chi connectivity index (χ1n) is 11.7. The first kappa shape index (κ1) is 27.2. The third kappa shape index (κ3) is 5.37. The van der Waals surface area contributed by atoms with E-state index in [1.165, 1.54) is 7.11 Å². The molecule has 3 aliphatic rings. The number of imidazole rings is 1. The number of amides is 1. The number of halogens is 3. The lowest BCUT2D eigenvalue weighted by atomic mass is 9.62. The third-order valence-corrected chi connectivity index (χ3v) is 6.25. The highest BCUT2D eigenvalue weighted by atomic mass is 19.4. The quantitative estimate of drug-likeness (QED) is 0.480. The number of carbonyl (C=O) groups is 2. The van der Waals surface area contributed by atoms with Crippen molar-refractivity contribution in [2.45, 2.75) is 56.9 Å². The van der Waals surface area contributed by atoms with Gasteiger partial charge in [0.15, 0.2) is 5.82 Å². The highest BCUT2D eigenvalue weighted by Crippen LogP contribution is 2.58. The van der Waals surface area contributed by atoms with Crippen molar-refractivity contribution in [2.75, 3.05) is 19.0 Å². The molecule has 3 aromatic rings. The lowest BCUT2D eigenvalue weighted by Gasteiger charge is -2.41. The van der Waals surface area contributed by atoms with Crippen molar-refractivity contribution >= 4 is 23.3 Å². The maximum absolute atomic E-state index is 12.9. The van der Waals surface area contributed by atoms with Gasteiger partial charge in [0.1, 0.15) is 5.75 Å². The Labute approximate surface area is 215 Å². The Morgan fingerprint density at radius 3 is 2.39 bits per heavy atom. The minimum Gasteiger partial charge on any atom is -0.496 e. The molecule has 3 fully saturated rings. The summed E-state index contributed by atoms with van der Waals surface area (Å²) < 4.78 is 50.8. The molecule has 2 aromatic heterocycles. The van der Waals surface area contributed by atoms with E-state index < -0.39 is 12.1 Å². The van der Waals surface area contributed by atoms with E-state index in [1.807, 2.05) is 30.5 Å². The molecule has 204 valence electrons. The fourth-order valence-electron chi connectivity index (χ4n) is 4.76. The molecule has 1 aromatic carbocycles. The molecule has 2 bridgehead atoms. The smallest absolute Gasteiger partial charge is 0.490 e. The number of nitrogens with zero attached hydrogens (tertiary/aromatic N) is 3. The standard InChI is InChI=1S/C23H26N4O4.C2HF3O2/c1-14(2)31-21-19-24-17(23-11-22(3,12-23)30-13-23)9-27(19)10-18(26-21)25-20(28)15-7-5-6-8-16(15)29-4;3-2(4,5)1(6)7/h5-10,14H,11-13H2,1-4H3,(H,25,28);(H,6,7). The van der Waals surface area contributed by atoms with Gasteiger partial charge < -0.3 is 24.6 Å². The van der Waals surface area contributed by atoms with Gasteiger partial charge in [-0.1, -0.05) is 12.1 Å². The zero-order valence-corrected chi connectivity index (χ0v) is 21.1. The number of para-hydroxylation sites is 1. The average molecular weight is 537 g/mol. The number of aliphatic carboxylic acids is 1. The van der Waals surface area contributed by atoms with Crippen LogP contribution >= 0.6 is 0 Å². The van der Waals surface area contributed by atoms with Crippen LogP contribution in [0.2, 0.25) is 0 Å². The van der Waals surface area contributed by atoms with Gasteiger partial charge in [-0.25, -0.2) is 9.78 Å². The predicted molar refractivity (Wildman–Crippen MR) is 129 cm³/mol. The number of rotatable bonds is 6. The molecule has 10 nitrogen and oxygen atoms in total. The zero-order valence-electron chi connectivity index (χ0n) is 21.1. The number of carboxylic acid groups (broad SMARTS) is 1. The van der Waals surface area contributed by atoms with Crippen molar-refractivity contribution in [1.29, 1.82) is 0 Å². The Kier molecular flexibility index (Phi) is 6.99. The number of anilines is 1. The van der Waals surface area contributed by atoms with E-state index in [1.54, 1.807) is 24.4 Å². The molecule has 1 aliphatic carbocycles. The van der Waals surface area contributed by atoms with Crippen LogP contribution in [0.15, 0.2) is 36.7 Å². The van der Waals surface area contributed by atoms with Gasteiger partial charge in [0.2, 0.25) is 5.65 Å². The molecule has 2 N–H and O–H groups in total. The Bertz CT molecular complexity index is 1360. The van der Waals surface area contributed by atoms with Crippen LogP contribution in [0.4, 0.5) is 19.0 Å². The summed E-state index contributed by atoms with van der Waals surface area (Å²) in [7, 11) is 1.54. The van der Waals surface area contributed by atoms with Gasteiger partial charge >= 0.3 is 12.1 Å². The summed E-state index contributed by atoms with van der Waals surface area (Å²) >= 11 is 0. The van der Waals surface area contributed by atoms with E-state index in [2.05, 4.69) is 17.2 Å². The Morgan fingerprint density at radius 2 is 1.84 bits per heavy atom. The van der Waals surface area contributed by atoms with Crippen LogP contribution in [-0.2, 0) is 14.9 Å². The van der Waals surface area contributed by atoms with Gasteiger partial charge in [0.25, 0.3) is 11.8 Å². The molecule has 1 amide bonds. The number of aromatic nitrogens is 3. The summed E-state index contributed by atoms with van der Waals surface area (Å²) in [5, 5.41) is 9.98. The Morgan fingerprint density at radius 1 is 1.18 bits per heavy atom. The van der Waals surface area contributed by atoms with Gasteiger partial charge in [0.05, 0.1) is 42.9 Å². The number of benzene rings is 1. The maximum Gasteiger partial charge on any atom is 0.490 e. The highest BCUT2D eigenvalue weighted by Gasteiger charge is 2.61. The monoisotopic (exact) mass is 536 g/mol. The number of carboxylic acids is 1. The molecule has 38 heavy (non-hydrogen) atoms. The first-order valence-corrected chi connectivity index (χ1v) is 11.7. The van der Waals surface area contributed by atoms with E-state index in [4.69, 9.17) is 29.1 Å². The molecule has 13 heteroatoms. The van der Waals surface area contributed by atoms with Crippen LogP contribution in [0.25, 0.3) is 5.65 Å². The SMILES string of the molecule is COc1ccccc1C(=O)Nc1cn2cc(C34COC(C)(C3)C4)nc2c(OC(C)C)n1.O=C(O)C(F)(F)F. The molecule has 0 unspecified atom stereocenters. The van der Waals surface area contributed by atoms with Crippen LogP contribution in [0.3, 0.4) is 0 Å². The molecule has 6 rings (SSSR count). The van der Waals surface area contributed by atoms with Crippen LogP contribution in [-0.4, -0.2) is 62.9 Å². The second-order valence-electron chi connectivity index (χ2n) is 9.78. The Hall–Kier alpha value is -3.87. The first-order chi connectivity index (χ1) is 17.7. The summed E-state index contributed by atoms with van der Waals surface area (Å²) in [5.41, 5.74) is 1.97. The van der Waals surface area contributed by atoms with Crippen LogP contribution in [0.1, 0.15) is 49.7 Å². The van der Waals surface area contributed by atoms with E-state index in [0.29, 0.717) is 35.3 Å². The van der Waals surface area contributed by atoms with Crippen molar-refractivity contribution < 1.29 is 42.1 Å². The zero-order chi connectivity index (χ0) is 27.9. The van der Waals surface area contributed by atoms with E-state index in [-0.39, 0.29) is 23.0 Å². The van der Waals surface area contributed by atoms with E-state index >= 15 is 0 Å². The number of carbonyl (C=O) groups excluding carboxylic acids is 1. The van der Waals surface area contributed by atoms with Crippen LogP contribution in [0.5, 0.6) is 11.6 Å². The Balaban J connectivity index is 0.000000426. The van der Waals surface area contributed by atoms with E-state index in [9.17, 15) is 18.0 Å². The fourth-order valence-corrected chi connectivity index (χ4v) is 4.76. The lowest BCUT2D eigenvalue weighted by Crippen LogP contribution is -2.45. The highest BCUT2D eigenvalue weighted by molar-refractivity contribution is 6.05. The number of fused-ring (bicyclic) bond motifs is 2. The summed E-state index contributed by atoms with van der Waals surface area (Å²) in [6.45, 7) is 6.69. The number of alkyl halides is 3. The van der Waals surface area contributed by atoms with E-state index in [0.717, 1.165) is 18.5 Å². The molecule has 4 heterocycles. The van der Waals surface area contributed by atoms with Crippen molar-refractivity contribution in [1.82, 2.24) is 14.4 Å². The van der Waals surface area contributed by atoms with Crippen molar-refractivity contribution in [3.63, 3.8) is 0 Å². The van der Waals surface area contributed by atoms with Gasteiger partial charge in [-0.05, 0) is 45.7 Å². The summed E-state index contributed by atoms with van der Waals surface area (Å²) in [4.78, 5) is 31.2. The van der Waals surface area contributed by atoms with Crippen molar-refractivity contribution in [3.8, 4) is 11.6 Å². The lowest BCUT2D eigenvalue weighted by molar-refractivity contribution is -0.192. The molecule has 2 saturated heterocycles. The van der Waals surface area contributed by atoms with Gasteiger partial charge in [0, 0.05) is 11.6 Å². The number of hydrogen-bond donors (Lipinski definition) is 2. The molecule has 0 atom stereocenters. The fraction of sp³-hybridized carbons (Fsp3) is 0.440. The summed E-state index contributed by atoms with van der Waals surface area (Å²) in [5.74, 6) is -1.80. The van der Waals surface area contributed by atoms with Gasteiger partial charge in [-0.15, -0.1) is 0 Å². The molecule has 0 radical (unpaired) electrons. The molecular weight excluding hydrogens is 509 g/mol. The molecule has 0 spiro atoms. The minimum atomic E-state index is -5.08. The number of nitrogens with one attached hydrogen (secondary N) is 1. The minimum absolute atomic E-state index is 0.0286. The maximum atomic E-state index is 12.9. The second kappa shape index (κ2) is 9.78. The largest absolute Gasteiger partial charge is 0.496 e. The molecule has 2 aliphatic heterocycles. The molecular formula is C25H27F3N4O6. The number of methoxy groups -OCH3 is 1. The summed E-state index contributed by atoms with van der Waals surface area (Å²) in [6.07, 6.45) is 0.523. The van der Waals surface area contributed by atoms with Crippen LogP contribution in [0, 0.1) is 0 Å². The topological polar surface area (TPSA) is 124 Å². The van der Waals surface area contributed by atoms with Crippen molar-refractivity contribution in [3.05, 3.63) is 47.9 Å².